The highest BCUT2D eigenvalue weighted by Gasteiger charge is 1.96. The van der Waals surface area contributed by atoms with Crippen molar-refractivity contribution in [3.05, 3.63) is 18.2 Å². The van der Waals surface area contributed by atoms with Crippen LogP contribution < -0.4 is 0 Å². The standard InChI is InChI=1S/C10H18N2O2/c13-6-4-2-1-3-5-12-7-10(8-14)11-9-12/h7,9,13-14H,1-6,8H2. The van der Waals surface area contributed by atoms with Gasteiger partial charge in [0.2, 0.25) is 0 Å². The average molecular weight is 198 g/mol. The highest BCUT2D eigenvalue weighted by Crippen LogP contribution is 2.03. The van der Waals surface area contributed by atoms with E-state index < -0.39 is 0 Å². The number of aryl methyl sites for hydroxylation is 1. The molecule has 0 spiro atoms. The lowest BCUT2D eigenvalue weighted by molar-refractivity contribution is 0.277. The Morgan fingerprint density at radius 1 is 1.14 bits per heavy atom. The zero-order valence-electron chi connectivity index (χ0n) is 8.39. The van der Waals surface area contributed by atoms with Crippen molar-refractivity contribution in [3.8, 4) is 0 Å². The van der Waals surface area contributed by atoms with Gasteiger partial charge in [-0.2, -0.15) is 0 Å². The van der Waals surface area contributed by atoms with Gasteiger partial charge in [-0.05, 0) is 12.8 Å². The first-order valence-corrected chi connectivity index (χ1v) is 5.09. The quantitative estimate of drug-likeness (QED) is 0.641. The molecule has 4 nitrogen and oxygen atoms in total. The van der Waals surface area contributed by atoms with E-state index in [0.29, 0.717) is 6.61 Å². The van der Waals surface area contributed by atoms with Gasteiger partial charge in [0.05, 0.1) is 18.6 Å². The zero-order valence-corrected chi connectivity index (χ0v) is 8.39. The van der Waals surface area contributed by atoms with Crippen LogP contribution in [0.5, 0.6) is 0 Å². The molecule has 0 aromatic carbocycles. The molecule has 4 heteroatoms. The van der Waals surface area contributed by atoms with Gasteiger partial charge in [-0.25, -0.2) is 4.98 Å². The van der Waals surface area contributed by atoms with Crippen molar-refractivity contribution in [1.29, 1.82) is 0 Å². The minimum absolute atomic E-state index is 0.0114. The van der Waals surface area contributed by atoms with Gasteiger partial charge in [0.1, 0.15) is 0 Å². The van der Waals surface area contributed by atoms with Gasteiger partial charge < -0.3 is 14.8 Å². The van der Waals surface area contributed by atoms with Crippen LogP contribution in [0.4, 0.5) is 0 Å². The Kier molecular flexibility index (Phi) is 5.25. The van der Waals surface area contributed by atoms with Crippen molar-refractivity contribution < 1.29 is 10.2 Å². The summed E-state index contributed by atoms with van der Waals surface area (Å²) in [7, 11) is 0. The average Bonchev–Trinajstić information content (AvgIpc) is 2.65. The summed E-state index contributed by atoms with van der Waals surface area (Å²) in [6.45, 7) is 1.25. The molecule has 0 saturated carbocycles. The maximum atomic E-state index is 8.79. The van der Waals surface area contributed by atoms with E-state index in [9.17, 15) is 0 Å². The SMILES string of the molecule is OCCCCCCn1cnc(CO)c1. The third-order valence-corrected chi connectivity index (χ3v) is 2.17. The second-order valence-electron chi connectivity index (χ2n) is 3.40. The molecule has 0 radical (unpaired) electrons. The van der Waals surface area contributed by atoms with Crippen molar-refractivity contribution in [1.82, 2.24) is 9.55 Å². The number of aromatic nitrogens is 2. The molecule has 0 atom stereocenters. The van der Waals surface area contributed by atoms with Crippen LogP contribution in [-0.2, 0) is 13.2 Å². The van der Waals surface area contributed by atoms with Gasteiger partial charge in [0, 0.05) is 19.3 Å². The van der Waals surface area contributed by atoms with Crippen LogP contribution in [0.15, 0.2) is 12.5 Å². The summed E-state index contributed by atoms with van der Waals surface area (Å²) in [5, 5.41) is 17.4. The Morgan fingerprint density at radius 3 is 2.57 bits per heavy atom. The molecular formula is C10H18N2O2. The van der Waals surface area contributed by atoms with E-state index in [4.69, 9.17) is 10.2 Å². The predicted molar refractivity (Wildman–Crippen MR) is 53.7 cm³/mol. The van der Waals surface area contributed by atoms with E-state index in [2.05, 4.69) is 4.98 Å². The Labute approximate surface area is 84.2 Å². The monoisotopic (exact) mass is 198 g/mol. The molecule has 0 aliphatic carbocycles. The third-order valence-electron chi connectivity index (χ3n) is 2.17. The third kappa shape index (κ3) is 3.89. The van der Waals surface area contributed by atoms with E-state index in [1.807, 2.05) is 10.8 Å². The fourth-order valence-corrected chi connectivity index (χ4v) is 1.37. The Balaban J connectivity index is 2.12. The van der Waals surface area contributed by atoms with Gasteiger partial charge in [-0.1, -0.05) is 12.8 Å². The highest BCUT2D eigenvalue weighted by molar-refractivity contribution is 4.93. The molecule has 1 aromatic heterocycles. The number of unbranched alkanes of at least 4 members (excludes halogenated alkanes) is 3. The van der Waals surface area contributed by atoms with Crippen LogP contribution in [-0.4, -0.2) is 26.4 Å². The van der Waals surface area contributed by atoms with Crippen LogP contribution in [0.2, 0.25) is 0 Å². The second kappa shape index (κ2) is 6.56. The van der Waals surface area contributed by atoms with E-state index in [1.54, 1.807) is 6.33 Å². The fourth-order valence-electron chi connectivity index (χ4n) is 1.37. The summed E-state index contributed by atoms with van der Waals surface area (Å²) in [5.74, 6) is 0. The summed E-state index contributed by atoms with van der Waals surface area (Å²) in [6, 6.07) is 0. The molecule has 0 fully saturated rings. The van der Waals surface area contributed by atoms with E-state index in [0.717, 1.165) is 37.9 Å². The molecule has 0 aliphatic rings. The first kappa shape index (κ1) is 11.2. The van der Waals surface area contributed by atoms with Gasteiger partial charge in [0.25, 0.3) is 0 Å². The fraction of sp³-hybridized carbons (Fsp3) is 0.700. The van der Waals surface area contributed by atoms with Gasteiger partial charge in [-0.3, -0.25) is 0 Å². The molecule has 80 valence electrons. The summed E-state index contributed by atoms with van der Waals surface area (Å²) < 4.78 is 1.99. The molecule has 1 aromatic rings. The zero-order chi connectivity index (χ0) is 10.2. The molecular weight excluding hydrogens is 180 g/mol. The minimum atomic E-state index is 0.0114. The Bertz CT molecular complexity index is 248. The Morgan fingerprint density at radius 2 is 1.93 bits per heavy atom. The molecule has 0 unspecified atom stereocenters. The molecule has 1 rings (SSSR count). The maximum Gasteiger partial charge on any atom is 0.0950 e. The number of hydrogen-bond acceptors (Lipinski definition) is 3. The lowest BCUT2D eigenvalue weighted by atomic mass is 10.2. The van der Waals surface area contributed by atoms with Crippen LogP contribution >= 0.6 is 0 Å². The summed E-state index contributed by atoms with van der Waals surface area (Å²) in [4.78, 5) is 4.02. The number of aliphatic hydroxyl groups excluding tert-OH is 2. The molecule has 1 heterocycles. The molecule has 0 amide bonds. The number of rotatable bonds is 7. The summed E-state index contributed by atoms with van der Waals surface area (Å²) >= 11 is 0. The van der Waals surface area contributed by atoms with Gasteiger partial charge >= 0.3 is 0 Å². The normalized spacial score (nSPS) is 10.7. The first-order chi connectivity index (χ1) is 6.86. The second-order valence-corrected chi connectivity index (χ2v) is 3.40. The van der Waals surface area contributed by atoms with Crippen molar-refractivity contribution >= 4 is 0 Å². The number of nitrogens with zero attached hydrogens (tertiary/aromatic N) is 2. The van der Waals surface area contributed by atoms with Crippen molar-refractivity contribution in [2.75, 3.05) is 6.61 Å². The van der Waals surface area contributed by atoms with E-state index >= 15 is 0 Å². The number of aliphatic hydroxyl groups is 2. The molecule has 0 bridgehead atoms. The Hall–Kier alpha value is -0.870. The molecule has 0 saturated heterocycles. The number of imidazole rings is 1. The molecule has 0 aliphatic heterocycles. The first-order valence-electron chi connectivity index (χ1n) is 5.09. The largest absolute Gasteiger partial charge is 0.396 e. The summed E-state index contributed by atoms with van der Waals surface area (Å²) in [6.07, 6.45) is 7.82. The smallest absolute Gasteiger partial charge is 0.0950 e. The summed E-state index contributed by atoms with van der Waals surface area (Å²) in [5.41, 5.74) is 0.723. The van der Waals surface area contributed by atoms with Gasteiger partial charge in [-0.15, -0.1) is 0 Å². The minimum Gasteiger partial charge on any atom is -0.396 e. The number of hydrogen-bond donors (Lipinski definition) is 2. The van der Waals surface area contributed by atoms with Crippen molar-refractivity contribution in [3.63, 3.8) is 0 Å². The van der Waals surface area contributed by atoms with Crippen molar-refractivity contribution in [2.45, 2.75) is 38.8 Å². The van der Waals surface area contributed by atoms with Crippen LogP contribution in [0.25, 0.3) is 0 Å². The van der Waals surface area contributed by atoms with Crippen LogP contribution in [0.1, 0.15) is 31.4 Å². The predicted octanol–water partition coefficient (Wildman–Crippen LogP) is 0.928. The van der Waals surface area contributed by atoms with E-state index in [-0.39, 0.29) is 6.61 Å². The lowest BCUT2D eigenvalue weighted by Gasteiger charge is -2.01. The van der Waals surface area contributed by atoms with Crippen LogP contribution in [0.3, 0.4) is 0 Å². The topological polar surface area (TPSA) is 58.3 Å². The molecule has 14 heavy (non-hydrogen) atoms. The van der Waals surface area contributed by atoms with Crippen LogP contribution in [0, 0.1) is 0 Å². The maximum absolute atomic E-state index is 8.79. The lowest BCUT2D eigenvalue weighted by Crippen LogP contribution is -1.94. The highest BCUT2D eigenvalue weighted by atomic mass is 16.3. The van der Waals surface area contributed by atoms with E-state index in [1.165, 1.54) is 0 Å². The molecule has 2 N–H and O–H groups in total. The van der Waals surface area contributed by atoms with Gasteiger partial charge in [0.15, 0.2) is 0 Å². The van der Waals surface area contributed by atoms with Crippen molar-refractivity contribution in [2.24, 2.45) is 0 Å².